The number of hydrogen-bond acceptors (Lipinski definition) is 9. The Bertz CT molecular complexity index is 1370. The van der Waals surface area contributed by atoms with Crippen molar-refractivity contribution in [2.24, 2.45) is 17.6 Å². The molecule has 1 saturated carbocycles. The Morgan fingerprint density at radius 1 is 1.23 bits per heavy atom. The lowest BCUT2D eigenvalue weighted by Crippen LogP contribution is -2.65. The number of carbonyl (C=O) groups excluding carboxylic acids is 3. The molecule has 10 nitrogen and oxygen atoms in total. The number of nitrogens with zero attached hydrogens (tertiary/aromatic N) is 2. The number of nitrogens with two attached hydrogens (primary N) is 1. The summed E-state index contributed by atoms with van der Waals surface area (Å²) in [5.74, 6) is -8.08. The average molecular weight is 544 g/mol. The van der Waals surface area contributed by atoms with Crippen molar-refractivity contribution in [2.75, 3.05) is 20.6 Å². The molecule has 0 aromatic heterocycles. The molecule has 11 heteroatoms. The van der Waals surface area contributed by atoms with Gasteiger partial charge in [-0.05, 0) is 72.2 Å². The molecule has 4 aliphatic rings. The van der Waals surface area contributed by atoms with E-state index in [1.165, 1.54) is 25.1 Å². The molecule has 1 heterocycles. The summed E-state index contributed by atoms with van der Waals surface area (Å²) >= 11 is 0. The highest BCUT2D eigenvalue weighted by atomic mass is 19.1. The van der Waals surface area contributed by atoms with Gasteiger partial charge in [0.25, 0.3) is 5.91 Å². The third-order valence-corrected chi connectivity index (χ3v) is 9.00. The van der Waals surface area contributed by atoms with Crippen LogP contribution >= 0.6 is 0 Å². The van der Waals surface area contributed by atoms with Gasteiger partial charge in [0.05, 0.1) is 11.6 Å². The number of fused-ring (bicyclic) bond motifs is 3. The fraction of sp³-hybridized carbons (Fsp3) is 0.536. The van der Waals surface area contributed by atoms with Gasteiger partial charge in [0, 0.05) is 34.7 Å². The number of halogens is 1. The minimum absolute atomic E-state index is 0.0613. The van der Waals surface area contributed by atoms with Gasteiger partial charge in [-0.15, -0.1) is 0 Å². The third kappa shape index (κ3) is 3.66. The minimum Gasteiger partial charge on any atom is -0.508 e. The number of likely N-dealkylation sites (tertiary alicyclic amines) is 1. The maximum absolute atomic E-state index is 16.2. The number of primary amides is 1. The first kappa shape index (κ1) is 27.3. The molecule has 0 spiro atoms. The van der Waals surface area contributed by atoms with Crippen LogP contribution < -0.4 is 5.73 Å². The molecule has 6 N–H and O–H groups in total. The molecule has 1 saturated heterocycles. The number of hydrogen-bond donors (Lipinski definition) is 5. The van der Waals surface area contributed by atoms with Gasteiger partial charge in [0.1, 0.15) is 28.7 Å². The smallest absolute Gasteiger partial charge is 0.255 e. The number of rotatable bonds is 4. The SMILES string of the molecule is CC(C)N1CCCC1c1cc(O)c2c(c1F)C[C@H]1C[C@H]3[C@H](N(C)C)C(=O)C(C(N)=O)=C(O)[C@@]3(O)C(=O)C1=C2O. The van der Waals surface area contributed by atoms with Crippen molar-refractivity contribution in [3.63, 3.8) is 0 Å². The van der Waals surface area contributed by atoms with Gasteiger partial charge in [-0.2, -0.15) is 0 Å². The molecule has 1 unspecified atom stereocenters. The van der Waals surface area contributed by atoms with Crippen LogP contribution in [-0.2, 0) is 20.8 Å². The Balaban J connectivity index is 1.68. The number of carbonyl (C=O) groups is 3. The molecular formula is C28H34FN3O7. The van der Waals surface area contributed by atoms with E-state index in [0.717, 1.165) is 13.0 Å². The maximum Gasteiger partial charge on any atom is 0.255 e. The number of benzene rings is 1. The fourth-order valence-corrected chi connectivity index (χ4v) is 7.29. The largest absolute Gasteiger partial charge is 0.508 e. The Hall–Kier alpha value is -3.28. The first-order valence-electron chi connectivity index (χ1n) is 13.2. The van der Waals surface area contributed by atoms with E-state index in [-0.39, 0.29) is 41.6 Å². The summed E-state index contributed by atoms with van der Waals surface area (Å²) in [5, 5.41) is 44.8. The van der Waals surface area contributed by atoms with Gasteiger partial charge < -0.3 is 26.2 Å². The van der Waals surface area contributed by atoms with Crippen molar-refractivity contribution in [1.29, 1.82) is 0 Å². The molecule has 2 fully saturated rings. The second kappa shape index (κ2) is 9.14. The minimum atomic E-state index is -2.72. The molecule has 3 aliphatic carbocycles. The van der Waals surface area contributed by atoms with Gasteiger partial charge >= 0.3 is 0 Å². The first-order valence-corrected chi connectivity index (χ1v) is 13.2. The number of Topliss-reactive ketones (excluding diaryl/α,β-unsaturated/α-hetero) is 2. The Morgan fingerprint density at radius 3 is 2.49 bits per heavy atom. The molecule has 1 amide bonds. The van der Waals surface area contributed by atoms with E-state index < -0.39 is 69.6 Å². The van der Waals surface area contributed by atoms with E-state index in [9.17, 15) is 34.8 Å². The van der Waals surface area contributed by atoms with Crippen molar-refractivity contribution in [2.45, 2.75) is 63.3 Å². The summed E-state index contributed by atoms with van der Waals surface area (Å²) in [6, 6.07) is -0.00693. The van der Waals surface area contributed by atoms with Crippen LogP contribution in [0.4, 0.5) is 4.39 Å². The second-order valence-electron chi connectivity index (χ2n) is 11.6. The molecule has 0 radical (unpaired) electrons. The summed E-state index contributed by atoms with van der Waals surface area (Å²) in [5.41, 5.74) is 1.58. The molecule has 1 aromatic rings. The number of aliphatic hydroxyl groups excluding tert-OH is 2. The zero-order valence-electron chi connectivity index (χ0n) is 22.4. The lowest BCUT2D eigenvalue weighted by atomic mass is 9.57. The van der Waals surface area contributed by atoms with Gasteiger partial charge in [-0.1, -0.05) is 0 Å². The topological polar surface area (TPSA) is 165 Å². The van der Waals surface area contributed by atoms with E-state index >= 15 is 4.39 Å². The van der Waals surface area contributed by atoms with E-state index in [4.69, 9.17) is 5.73 Å². The number of phenols is 1. The van der Waals surface area contributed by atoms with E-state index in [1.807, 2.05) is 13.8 Å². The molecular weight excluding hydrogens is 509 g/mol. The molecule has 1 aliphatic heterocycles. The highest BCUT2D eigenvalue weighted by molar-refractivity contribution is 6.24. The maximum atomic E-state index is 16.2. The van der Waals surface area contributed by atoms with Crippen molar-refractivity contribution in [1.82, 2.24) is 9.80 Å². The summed E-state index contributed by atoms with van der Waals surface area (Å²) in [6.07, 6.45) is 1.42. The van der Waals surface area contributed by atoms with Crippen LogP contribution in [0.15, 0.2) is 23.0 Å². The number of aromatic hydroxyl groups is 1. The predicted molar refractivity (Wildman–Crippen MR) is 138 cm³/mol. The predicted octanol–water partition coefficient (Wildman–Crippen LogP) is 1.65. The van der Waals surface area contributed by atoms with Crippen LogP contribution in [-0.4, -0.2) is 86.0 Å². The summed E-state index contributed by atoms with van der Waals surface area (Å²) in [6.45, 7) is 4.82. The van der Waals surface area contributed by atoms with Gasteiger partial charge in [0.2, 0.25) is 5.78 Å². The molecule has 5 rings (SSSR count). The monoisotopic (exact) mass is 543 g/mol. The number of likely N-dealkylation sites (N-methyl/N-ethyl adjacent to an activating group) is 1. The Kier molecular flexibility index (Phi) is 6.40. The highest BCUT2D eigenvalue weighted by Crippen LogP contribution is 2.53. The molecule has 5 atom stereocenters. The van der Waals surface area contributed by atoms with Gasteiger partial charge in [0.15, 0.2) is 11.4 Å². The van der Waals surface area contributed by atoms with E-state index in [2.05, 4.69) is 4.90 Å². The van der Waals surface area contributed by atoms with Crippen LogP contribution in [0.5, 0.6) is 5.75 Å². The summed E-state index contributed by atoms with van der Waals surface area (Å²) in [4.78, 5) is 42.7. The lowest BCUT2D eigenvalue weighted by molar-refractivity contribution is -0.153. The molecule has 1 aromatic carbocycles. The van der Waals surface area contributed by atoms with Crippen molar-refractivity contribution in [3.05, 3.63) is 45.5 Å². The Morgan fingerprint density at radius 2 is 1.90 bits per heavy atom. The van der Waals surface area contributed by atoms with Gasteiger partial charge in [-0.3, -0.25) is 24.2 Å². The highest BCUT2D eigenvalue weighted by Gasteiger charge is 2.64. The fourth-order valence-electron chi connectivity index (χ4n) is 7.29. The van der Waals surface area contributed by atoms with Crippen molar-refractivity contribution >= 4 is 23.2 Å². The zero-order chi connectivity index (χ0) is 28.7. The van der Waals surface area contributed by atoms with Crippen LogP contribution in [0.25, 0.3) is 5.76 Å². The van der Waals surface area contributed by atoms with Crippen LogP contribution in [0.2, 0.25) is 0 Å². The van der Waals surface area contributed by atoms with Gasteiger partial charge in [-0.25, -0.2) is 4.39 Å². The third-order valence-electron chi connectivity index (χ3n) is 9.00. The normalized spacial score (nSPS) is 31.2. The van der Waals surface area contributed by atoms with Crippen LogP contribution in [0.3, 0.4) is 0 Å². The van der Waals surface area contributed by atoms with E-state index in [0.29, 0.717) is 12.0 Å². The second-order valence-corrected chi connectivity index (χ2v) is 11.6. The quantitative estimate of drug-likeness (QED) is 0.355. The lowest BCUT2D eigenvalue weighted by Gasteiger charge is -2.50. The average Bonchev–Trinajstić information content (AvgIpc) is 3.33. The first-order chi connectivity index (χ1) is 18.2. The molecule has 39 heavy (non-hydrogen) atoms. The van der Waals surface area contributed by atoms with Crippen molar-refractivity contribution in [3.8, 4) is 5.75 Å². The Labute approximate surface area is 225 Å². The standard InChI is InChI=1S/C28H34FN3O7/c1-11(2)32-7-5-6-16(32)13-10-17(33)19-14(21(13)29)8-12-9-15-22(31(3)4)24(35)20(27(30)38)26(37)28(15,39)25(36)18(12)23(19)34/h10-12,15-16,22,33-34,37,39H,5-9H2,1-4H3,(H2,30,38)/t12-,15-,16?,22-,28-/m0/s1. The summed E-state index contributed by atoms with van der Waals surface area (Å²) < 4.78 is 16.2. The summed E-state index contributed by atoms with van der Waals surface area (Å²) in [7, 11) is 3.05. The van der Waals surface area contributed by atoms with Crippen molar-refractivity contribution < 1.29 is 39.2 Å². The zero-order valence-corrected chi connectivity index (χ0v) is 22.4. The van der Waals surface area contributed by atoms with Crippen LogP contribution in [0, 0.1) is 17.7 Å². The molecule has 210 valence electrons. The number of aliphatic hydroxyl groups is 3. The molecule has 0 bridgehead atoms. The number of ketones is 2. The van der Waals surface area contributed by atoms with Crippen LogP contribution in [0.1, 0.15) is 55.8 Å². The number of amides is 1. The number of phenolic OH excluding ortho intramolecular Hbond substituents is 1. The van der Waals surface area contributed by atoms with E-state index in [1.54, 1.807) is 0 Å².